The topological polar surface area (TPSA) is 91.5 Å². The molecule has 0 aliphatic heterocycles. The van der Waals surface area contributed by atoms with Crippen LogP contribution < -0.4 is 11.2 Å². The molecule has 0 amide bonds. The molecule has 31 heavy (non-hydrogen) atoms. The van der Waals surface area contributed by atoms with Gasteiger partial charge in [-0.3, -0.25) is 9.78 Å². The molecular weight excluding hydrogens is 480 g/mol. The minimum Gasteiger partial charge on any atom is -0.271 e. The van der Waals surface area contributed by atoms with Crippen molar-refractivity contribution >= 4 is 34.8 Å². The molecule has 1 heterocycles. The molecule has 1 N–H and O–H groups in total. The molecule has 0 saturated carbocycles. The SMILES string of the molecule is Cc1c(Cl)c(CC#N)c(Cl)c(-c2ccc(Cl)c(C(F)(F)F)c2)c1-n1ncc(=O)[nH]c1=O. The van der Waals surface area contributed by atoms with Crippen molar-refractivity contribution in [3.05, 3.63) is 77.0 Å². The van der Waals surface area contributed by atoms with Crippen LogP contribution in [0.15, 0.2) is 34.0 Å². The second-order valence-corrected chi connectivity index (χ2v) is 7.50. The first-order chi connectivity index (χ1) is 14.5. The molecule has 6 nitrogen and oxygen atoms in total. The molecule has 0 aliphatic rings. The van der Waals surface area contributed by atoms with Crippen LogP contribution in [0.3, 0.4) is 0 Å². The summed E-state index contributed by atoms with van der Waals surface area (Å²) in [4.78, 5) is 25.8. The molecule has 3 aromatic rings. The number of aromatic amines is 1. The van der Waals surface area contributed by atoms with Crippen LogP contribution in [0.1, 0.15) is 16.7 Å². The normalized spacial score (nSPS) is 11.4. The van der Waals surface area contributed by atoms with Gasteiger partial charge in [0.05, 0.1) is 38.8 Å². The Balaban J connectivity index is 2.51. The summed E-state index contributed by atoms with van der Waals surface area (Å²) in [5, 5.41) is 12.3. The lowest BCUT2D eigenvalue weighted by Gasteiger charge is -2.20. The van der Waals surface area contributed by atoms with Crippen LogP contribution in [0.25, 0.3) is 16.8 Å². The summed E-state index contributed by atoms with van der Waals surface area (Å²) in [6.45, 7) is 1.48. The maximum atomic E-state index is 13.4. The Morgan fingerprint density at radius 3 is 2.45 bits per heavy atom. The fraction of sp³-hybridized carbons (Fsp3) is 0.158. The number of hydrogen-bond acceptors (Lipinski definition) is 4. The van der Waals surface area contributed by atoms with Crippen molar-refractivity contribution in [3.8, 4) is 22.9 Å². The number of halogens is 6. The predicted molar refractivity (Wildman–Crippen MR) is 110 cm³/mol. The van der Waals surface area contributed by atoms with E-state index in [1.54, 1.807) is 0 Å². The van der Waals surface area contributed by atoms with E-state index in [-0.39, 0.29) is 44.4 Å². The second kappa shape index (κ2) is 8.38. The molecule has 2 aromatic carbocycles. The van der Waals surface area contributed by atoms with Gasteiger partial charge in [0.15, 0.2) is 0 Å². The number of H-pyrrole nitrogens is 1. The summed E-state index contributed by atoms with van der Waals surface area (Å²) in [7, 11) is 0. The minimum absolute atomic E-state index is 0.0300. The van der Waals surface area contributed by atoms with Crippen molar-refractivity contribution in [2.45, 2.75) is 19.5 Å². The number of hydrogen-bond donors (Lipinski definition) is 1. The highest BCUT2D eigenvalue weighted by atomic mass is 35.5. The molecule has 0 spiro atoms. The van der Waals surface area contributed by atoms with Crippen molar-refractivity contribution in [2.75, 3.05) is 0 Å². The van der Waals surface area contributed by atoms with Crippen molar-refractivity contribution < 1.29 is 13.2 Å². The van der Waals surface area contributed by atoms with Gasteiger partial charge >= 0.3 is 11.9 Å². The number of alkyl halides is 3. The molecule has 3 rings (SSSR count). The summed E-state index contributed by atoms with van der Waals surface area (Å²) in [5.74, 6) is 0. The van der Waals surface area contributed by atoms with Gasteiger partial charge in [0.25, 0.3) is 5.56 Å². The van der Waals surface area contributed by atoms with Crippen molar-refractivity contribution in [3.63, 3.8) is 0 Å². The molecule has 0 fully saturated rings. The fourth-order valence-corrected chi connectivity index (χ4v) is 3.93. The Labute approximate surface area is 187 Å². The monoisotopic (exact) mass is 488 g/mol. The fourth-order valence-electron chi connectivity index (χ4n) is 3.04. The van der Waals surface area contributed by atoms with Gasteiger partial charge in [-0.2, -0.15) is 28.2 Å². The lowest BCUT2D eigenvalue weighted by Crippen LogP contribution is -2.31. The van der Waals surface area contributed by atoms with Gasteiger partial charge in [0.2, 0.25) is 0 Å². The molecule has 12 heteroatoms. The third-order valence-electron chi connectivity index (χ3n) is 4.41. The van der Waals surface area contributed by atoms with Gasteiger partial charge in [-0.1, -0.05) is 40.9 Å². The number of nitrogens with one attached hydrogen (secondary N) is 1. The van der Waals surface area contributed by atoms with Crippen LogP contribution >= 0.6 is 34.8 Å². The summed E-state index contributed by atoms with van der Waals surface area (Å²) in [6.07, 6.45) is -4.18. The van der Waals surface area contributed by atoms with Gasteiger partial charge < -0.3 is 0 Å². The standard InChI is InChI=1S/C19H10Cl3F3N4O2/c1-8-15(21)10(4-5-26)16(22)14(17(8)29-18(31)28-13(30)7-27-29)9-2-3-12(20)11(6-9)19(23,24)25/h2-3,6-7H,4H2,1H3,(H,28,30,31). The van der Waals surface area contributed by atoms with Crippen LogP contribution in [0.4, 0.5) is 13.2 Å². The van der Waals surface area contributed by atoms with E-state index in [4.69, 9.17) is 40.1 Å². The Morgan fingerprint density at radius 2 is 1.87 bits per heavy atom. The van der Waals surface area contributed by atoms with Crippen LogP contribution in [0.5, 0.6) is 0 Å². The van der Waals surface area contributed by atoms with Gasteiger partial charge in [-0.05, 0) is 30.2 Å². The van der Waals surface area contributed by atoms with E-state index in [0.717, 1.165) is 23.0 Å². The third kappa shape index (κ3) is 4.19. The molecule has 0 radical (unpaired) electrons. The molecule has 160 valence electrons. The van der Waals surface area contributed by atoms with E-state index in [2.05, 4.69) is 5.10 Å². The highest BCUT2D eigenvalue weighted by molar-refractivity contribution is 6.39. The number of aromatic nitrogens is 3. The Bertz CT molecular complexity index is 1360. The lowest BCUT2D eigenvalue weighted by molar-refractivity contribution is -0.137. The second-order valence-electron chi connectivity index (χ2n) is 6.33. The van der Waals surface area contributed by atoms with E-state index in [1.165, 1.54) is 13.0 Å². The van der Waals surface area contributed by atoms with E-state index in [1.807, 2.05) is 11.1 Å². The average Bonchev–Trinajstić information content (AvgIpc) is 2.68. The van der Waals surface area contributed by atoms with Crippen LogP contribution in [-0.4, -0.2) is 14.8 Å². The Morgan fingerprint density at radius 1 is 1.19 bits per heavy atom. The molecule has 0 bridgehead atoms. The zero-order valence-electron chi connectivity index (χ0n) is 15.4. The smallest absolute Gasteiger partial charge is 0.271 e. The van der Waals surface area contributed by atoms with Gasteiger partial charge in [-0.25, -0.2) is 4.79 Å². The summed E-state index contributed by atoms with van der Waals surface area (Å²) in [5.41, 5.74) is -2.59. The summed E-state index contributed by atoms with van der Waals surface area (Å²) in [6, 6.07) is 4.98. The zero-order valence-corrected chi connectivity index (χ0v) is 17.7. The quantitative estimate of drug-likeness (QED) is 0.564. The van der Waals surface area contributed by atoms with Gasteiger partial charge in [0, 0.05) is 11.1 Å². The molecule has 0 atom stereocenters. The molecule has 1 aromatic heterocycles. The lowest BCUT2D eigenvalue weighted by atomic mass is 9.94. The molecular formula is C19H10Cl3F3N4O2. The first kappa shape index (κ1) is 22.9. The first-order valence-corrected chi connectivity index (χ1v) is 9.54. The Hall–Kier alpha value is -2.80. The Kier molecular flexibility index (Phi) is 6.18. The van der Waals surface area contributed by atoms with Crippen molar-refractivity contribution in [2.24, 2.45) is 0 Å². The van der Waals surface area contributed by atoms with Gasteiger partial charge in [0.1, 0.15) is 6.20 Å². The number of benzene rings is 2. The van der Waals surface area contributed by atoms with E-state index < -0.39 is 28.0 Å². The number of nitriles is 1. The minimum atomic E-state index is -4.76. The molecule has 0 saturated heterocycles. The highest BCUT2D eigenvalue weighted by Gasteiger charge is 2.34. The predicted octanol–water partition coefficient (Wildman–Crippen LogP) is 4.94. The van der Waals surface area contributed by atoms with E-state index in [9.17, 15) is 22.8 Å². The highest BCUT2D eigenvalue weighted by Crippen LogP contribution is 2.44. The number of rotatable bonds is 3. The zero-order chi connectivity index (χ0) is 23.1. The maximum absolute atomic E-state index is 13.4. The average molecular weight is 490 g/mol. The molecule has 0 aliphatic carbocycles. The van der Waals surface area contributed by atoms with Gasteiger partial charge in [-0.15, -0.1) is 0 Å². The van der Waals surface area contributed by atoms with E-state index in [0.29, 0.717) is 0 Å². The largest absolute Gasteiger partial charge is 0.417 e. The summed E-state index contributed by atoms with van der Waals surface area (Å²) >= 11 is 18.6. The van der Waals surface area contributed by atoms with Crippen LogP contribution in [0, 0.1) is 18.3 Å². The van der Waals surface area contributed by atoms with Crippen LogP contribution in [-0.2, 0) is 12.6 Å². The van der Waals surface area contributed by atoms with Crippen molar-refractivity contribution in [1.82, 2.24) is 14.8 Å². The van der Waals surface area contributed by atoms with Crippen LogP contribution in [0.2, 0.25) is 15.1 Å². The first-order valence-electron chi connectivity index (χ1n) is 8.40. The summed E-state index contributed by atoms with van der Waals surface area (Å²) < 4.78 is 41.1. The third-order valence-corrected chi connectivity index (χ3v) is 5.67. The molecule has 0 unspecified atom stereocenters. The number of nitrogens with zero attached hydrogens (tertiary/aromatic N) is 3. The van der Waals surface area contributed by atoms with E-state index >= 15 is 0 Å². The van der Waals surface area contributed by atoms with Crippen molar-refractivity contribution in [1.29, 1.82) is 5.26 Å². The maximum Gasteiger partial charge on any atom is 0.417 e.